The van der Waals surface area contributed by atoms with Gasteiger partial charge in [0.2, 0.25) is 0 Å². The van der Waals surface area contributed by atoms with Gasteiger partial charge in [-0.15, -0.1) is 0 Å². The summed E-state index contributed by atoms with van der Waals surface area (Å²) in [6.07, 6.45) is 3.44. The summed E-state index contributed by atoms with van der Waals surface area (Å²) in [7, 11) is 4.39. The molecule has 19 heavy (non-hydrogen) atoms. The summed E-state index contributed by atoms with van der Waals surface area (Å²) in [6.45, 7) is 9.54. The number of likely N-dealkylation sites (tertiary alicyclic amines) is 1. The van der Waals surface area contributed by atoms with E-state index in [0.717, 1.165) is 19.5 Å². The van der Waals surface area contributed by atoms with Gasteiger partial charge in [0.05, 0.1) is 6.07 Å². The van der Waals surface area contributed by atoms with Crippen LogP contribution in [0.3, 0.4) is 0 Å². The molecule has 2 unspecified atom stereocenters. The van der Waals surface area contributed by atoms with E-state index in [1.807, 2.05) is 6.92 Å². The standard InChI is InChI=1S/C15H30N4/c1-13(2)17-15(3,12-16)8-10-19(5)14-7-6-9-18(4)11-14/h13-14,17H,6-11H2,1-5H3. The fraction of sp³-hybridized carbons (Fsp3) is 0.933. The van der Waals surface area contributed by atoms with E-state index in [4.69, 9.17) is 0 Å². The molecule has 110 valence electrons. The zero-order valence-electron chi connectivity index (χ0n) is 13.2. The Labute approximate surface area is 118 Å². The minimum atomic E-state index is -0.414. The highest BCUT2D eigenvalue weighted by molar-refractivity contribution is 5.04. The van der Waals surface area contributed by atoms with Gasteiger partial charge in [0, 0.05) is 25.2 Å². The van der Waals surface area contributed by atoms with E-state index >= 15 is 0 Å². The van der Waals surface area contributed by atoms with Crippen molar-refractivity contribution in [1.29, 1.82) is 5.26 Å². The number of rotatable bonds is 6. The number of likely N-dealkylation sites (N-methyl/N-ethyl adjacent to an activating group) is 2. The van der Waals surface area contributed by atoms with E-state index in [1.165, 1.54) is 19.4 Å². The van der Waals surface area contributed by atoms with Gasteiger partial charge in [0.1, 0.15) is 5.54 Å². The highest BCUT2D eigenvalue weighted by Crippen LogP contribution is 2.16. The highest BCUT2D eigenvalue weighted by atomic mass is 15.2. The van der Waals surface area contributed by atoms with Crippen LogP contribution >= 0.6 is 0 Å². The van der Waals surface area contributed by atoms with Gasteiger partial charge in [0.15, 0.2) is 0 Å². The van der Waals surface area contributed by atoms with E-state index < -0.39 is 5.54 Å². The lowest BCUT2D eigenvalue weighted by Crippen LogP contribution is -2.49. The molecule has 0 radical (unpaired) electrons. The molecular formula is C15H30N4. The topological polar surface area (TPSA) is 42.3 Å². The van der Waals surface area contributed by atoms with Gasteiger partial charge in [-0.05, 0) is 60.7 Å². The van der Waals surface area contributed by atoms with Crippen LogP contribution in [-0.2, 0) is 0 Å². The molecule has 0 bridgehead atoms. The number of hydrogen-bond acceptors (Lipinski definition) is 4. The first-order valence-electron chi connectivity index (χ1n) is 7.44. The Morgan fingerprint density at radius 1 is 1.53 bits per heavy atom. The van der Waals surface area contributed by atoms with Crippen molar-refractivity contribution >= 4 is 0 Å². The van der Waals surface area contributed by atoms with Crippen molar-refractivity contribution in [3.63, 3.8) is 0 Å². The first-order valence-corrected chi connectivity index (χ1v) is 7.44. The molecule has 4 nitrogen and oxygen atoms in total. The van der Waals surface area contributed by atoms with Crippen LogP contribution < -0.4 is 5.32 Å². The molecule has 0 aliphatic carbocycles. The molecule has 0 aromatic heterocycles. The molecule has 0 aromatic rings. The van der Waals surface area contributed by atoms with Crippen LogP contribution in [0.4, 0.5) is 0 Å². The fourth-order valence-corrected chi connectivity index (χ4v) is 2.88. The lowest BCUT2D eigenvalue weighted by Gasteiger charge is -2.37. The quantitative estimate of drug-likeness (QED) is 0.794. The van der Waals surface area contributed by atoms with Crippen molar-refractivity contribution in [3.05, 3.63) is 0 Å². The Morgan fingerprint density at radius 3 is 2.74 bits per heavy atom. The molecule has 1 aliphatic rings. The zero-order valence-corrected chi connectivity index (χ0v) is 13.2. The van der Waals surface area contributed by atoms with E-state index in [1.54, 1.807) is 0 Å². The third kappa shape index (κ3) is 5.48. The summed E-state index contributed by atoms with van der Waals surface area (Å²) in [4.78, 5) is 4.83. The lowest BCUT2D eigenvalue weighted by atomic mass is 9.97. The minimum absolute atomic E-state index is 0.343. The Hall–Kier alpha value is -0.630. The Bertz CT molecular complexity index is 310. The molecule has 0 saturated carbocycles. The van der Waals surface area contributed by atoms with Crippen molar-refractivity contribution in [3.8, 4) is 6.07 Å². The van der Waals surface area contributed by atoms with Gasteiger partial charge in [-0.25, -0.2) is 0 Å². The summed E-state index contributed by atoms with van der Waals surface area (Å²) < 4.78 is 0. The second-order valence-electron chi connectivity index (χ2n) is 6.53. The van der Waals surface area contributed by atoms with Crippen molar-refractivity contribution in [1.82, 2.24) is 15.1 Å². The average molecular weight is 266 g/mol. The smallest absolute Gasteiger partial charge is 0.105 e. The van der Waals surface area contributed by atoms with Crippen molar-refractivity contribution in [2.75, 3.05) is 33.7 Å². The molecule has 0 amide bonds. The van der Waals surface area contributed by atoms with E-state index in [-0.39, 0.29) is 0 Å². The normalized spacial score (nSPS) is 24.4. The summed E-state index contributed by atoms with van der Waals surface area (Å²) >= 11 is 0. The number of piperidine rings is 1. The average Bonchev–Trinajstić information content (AvgIpc) is 2.35. The van der Waals surface area contributed by atoms with Crippen LogP contribution in [0.2, 0.25) is 0 Å². The number of nitrogens with one attached hydrogen (secondary N) is 1. The monoisotopic (exact) mass is 266 g/mol. The van der Waals surface area contributed by atoms with E-state index in [0.29, 0.717) is 12.1 Å². The maximum Gasteiger partial charge on any atom is 0.105 e. The van der Waals surface area contributed by atoms with Gasteiger partial charge < -0.3 is 9.80 Å². The molecule has 1 saturated heterocycles. The molecular weight excluding hydrogens is 236 g/mol. The van der Waals surface area contributed by atoms with Gasteiger partial charge in [-0.2, -0.15) is 5.26 Å². The third-order valence-corrected chi connectivity index (χ3v) is 4.04. The molecule has 1 fully saturated rings. The van der Waals surface area contributed by atoms with Crippen LogP contribution in [0, 0.1) is 11.3 Å². The molecule has 1 aliphatic heterocycles. The van der Waals surface area contributed by atoms with Crippen molar-refractivity contribution < 1.29 is 0 Å². The largest absolute Gasteiger partial charge is 0.305 e. The maximum atomic E-state index is 9.36. The Balaban J connectivity index is 2.43. The second kappa shape index (κ2) is 7.23. The molecule has 1 N–H and O–H groups in total. The summed E-state index contributed by atoms with van der Waals surface area (Å²) in [5.41, 5.74) is -0.414. The van der Waals surface area contributed by atoms with Crippen molar-refractivity contribution in [2.24, 2.45) is 0 Å². The molecule has 0 spiro atoms. The first kappa shape index (κ1) is 16.4. The number of nitriles is 1. The summed E-state index contributed by atoms with van der Waals surface area (Å²) in [5.74, 6) is 0. The molecule has 0 aromatic carbocycles. The minimum Gasteiger partial charge on any atom is -0.305 e. The highest BCUT2D eigenvalue weighted by Gasteiger charge is 2.27. The van der Waals surface area contributed by atoms with Gasteiger partial charge in [0.25, 0.3) is 0 Å². The molecule has 1 heterocycles. The number of nitrogens with zero attached hydrogens (tertiary/aromatic N) is 3. The maximum absolute atomic E-state index is 9.36. The molecule has 4 heteroatoms. The predicted molar refractivity (Wildman–Crippen MR) is 80.1 cm³/mol. The van der Waals surface area contributed by atoms with Gasteiger partial charge in [-0.1, -0.05) is 0 Å². The van der Waals surface area contributed by atoms with E-state index in [9.17, 15) is 5.26 Å². The van der Waals surface area contributed by atoms with Crippen LogP contribution in [0.15, 0.2) is 0 Å². The molecule has 1 rings (SSSR count). The lowest BCUT2D eigenvalue weighted by molar-refractivity contribution is 0.127. The van der Waals surface area contributed by atoms with Gasteiger partial charge in [-0.3, -0.25) is 5.32 Å². The second-order valence-corrected chi connectivity index (χ2v) is 6.53. The van der Waals surface area contributed by atoms with Gasteiger partial charge >= 0.3 is 0 Å². The first-order chi connectivity index (χ1) is 8.86. The van der Waals surface area contributed by atoms with Crippen molar-refractivity contribution in [2.45, 2.75) is 57.7 Å². The fourth-order valence-electron chi connectivity index (χ4n) is 2.88. The zero-order chi connectivity index (χ0) is 14.5. The van der Waals surface area contributed by atoms with Crippen LogP contribution in [-0.4, -0.2) is 61.2 Å². The summed E-state index contributed by atoms with van der Waals surface area (Å²) in [5, 5.41) is 12.7. The van der Waals surface area contributed by atoms with Crippen LogP contribution in [0.25, 0.3) is 0 Å². The molecule has 2 atom stereocenters. The number of hydrogen-bond donors (Lipinski definition) is 1. The predicted octanol–water partition coefficient (Wildman–Crippen LogP) is 1.68. The Morgan fingerprint density at radius 2 is 2.21 bits per heavy atom. The Kier molecular flexibility index (Phi) is 6.25. The van der Waals surface area contributed by atoms with E-state index in [2.05, 4.69) is 49.1 Å². The van der Waals surface area contributed by atoms with Crippen LogP contribution in [0.5, 0.6) is 0 Å². The van der Waals surface area contributed by atoms with Crippen LogP contribution in [0.1, 0.15) is 40.0 Å². The summed E-state index contributed by atoms with van der Waals surface area (Å²) in [6, 6.07) is 3.41. The third-order valence-electron chi connectivity index (χ3n) is 4.04. The SMILES string of the molecule is CC(C)NC(C)(C#N)CCN(C)C1CCCN(C)C1.